The summed E-state index contributed by atoms with van der Waals surface area (Å²) in [7, 11) is 0. The van der Waals surface area contributed by atoms with E-state index in [1.165, 1.54) is 0 Å². The minimum Gasteiger partial charge on any atom is -0.458 e. The van der Waals surface area contributed by atoms with Gasteiger partial charge < -0.3 is 4.74 Å². The maximum atomic E-state index is 11.9. The lowest BCUT2D eigenvalue weighted by atomic mass is 10.1. The Morgan fingerprint density at radius 2 is 1.83 bits per heavy atom. The lowest BCUT2D eigenvalue weighted by molar-refractivity contribution is -0.148. The van der Waals surface area contributed by atoms with Gasteiger partial charge in [0, 0.05) is 23.6 Å². The van der Waals surface area contributed by atoms with Gasteiger partial charge in [-0.05, 0) is 55.7 Å². The average Bonchev–Trinajstić information content (AvgIpc) is 3.08. The highest BCUT2D eigenvalue weighted by atomic mass is 35.5. The Kier molecular flexibility index (Phi) is 7.32. The summed E-state index contributed by atoms with van der Waals surface area (Å²) in [6.07, 6.45) is 5.17. The maximum absolute atomic E-state index is 11.9. The number of carbonyl (C=O) groups is 1. The second kappa shape index (κ2) is 9.93. The van der Waals surface area contributed by atoms with Crippen molar-refractivity contribution in [3.8, 4) is 5.69 Å². The molecule has 0 amide bonds. The van der Waals surface area contributed by atoms with Gasteiger partial charge in [-0.25, -0.2) is 4.98 Å². The van der Waals surface area contributed by atoms with E-state index in [4.69, 9.17) is 21.3 Å². The zero-order valence-corrected chi connectivity index (χ0v) is 18.2. The number of rotatable bonds is 9. The maximum Gasteiger partial charge on any atom is 0.306 e. The van der Waals surface area contributed by atoms with Gasteiger partial charge >= 0.3 is 5.97 Å². The lowest BCUT2D eigenvalue weighted by Gasteiger charge is -2.15. The number of unbranched alkanes of at least 4 members (excludes halogenated alkanes) is 2. The number of imidazole rings is 1. The molecule has 2 aromatic carbocycles. The summed E-state index contributed by atoms with van der Waals surface area (Å²) < 4.78 is 7.74. The van der Waals surface area contributed by atoms with Gasteiger partial charge in [0.2, 0.25) is 0 Å². The number of hydrogen-bond donors (Lipinski definition) is 0. The van der Waals surface area contributed by atoms with Crippen molar-refractivity contribution in [2.75, 3.05) is 0 Å². The molecule has 0 radical (unpaired) electrons. The highest BCUT2D eigenvalue weighted by Crippen LogP contribution is 2.27. The molecule has 1 aromatic heterocycles. The van der Waals surface area contributed by atoms with E-state index in [-0.39, 0.29) is 12.1 Å². The largest absolute Gasteiger partial charge is 0.458 e. The van der Waals surface area contributed by atoms with Crippen LogP contribution in [0, 0.1) is 0 Å². The van der Waals surface area contributed by atoms with Crippen molar-refractivity contribution in [2.45, 2.75) is 65.4 Å². The van der Waals surface area contributed by atoms with Gasteiger partial charge in [-0.2, -0.15) is 0 Å². The Morgan fingerprint density at radius 1 is 1.10 bits per heavy atom. The first-order valence-corrected chi connectivity index (χ1v) is 10.9. The molecule has 0 saturated heterocycles. The first-order chi connectivity index (χ1) is 14.0. The van der Waals surface area contributed by atoms with Gasteiger partial charge in [-0.1, -0.05) is 50.4 Å². The Morgan fingerprint density at radius 3 is 2.52 bits per heavy atom. The van der Waals surface area contributed by atoms with E-state index in [1.54, 1.807) is 0 Å². The quantitative estimate of drug-likeness (QED) is 0.362. The first-order valence-electron chi connectivity index (χ1n) is 10.5. The highest BCUT2D eigenvalue weighted by molar-refractivity contribution is 6.31. The van der Waals surface area contributed by atoms with Gasteiger partial charge in [0.15, 0.2) is 0 Å². The summed E-state index contributed by atoms with van der Waals surface area (Å²) in [5.41, 5.74) is 3.98. The van der Waals surface area contributed by atoms with Crippen LogP contribution in [0.3, 0.4) is 0 Å². The Hall–Kier alpha value is -2.33. The van der Waals surface area contributed by atoms with Crippen molar-refractivity contribution in [1.29, 1.82) is 0 Å². The van der Waals surface area contributed by atoms with Crippen LogP contribution in [0.2, 0.25) is 5.02 Å². The number of hydrogen-bond acceptors (Lipinski definition) is 3. The zero-order valence-electron chi connectivity index (χ0n) is 17.5. The number of ether oxygens (including phenoxy) is 1. The highest BCUT2D eigenvalue weighted by Gasteiger charge is 2.15. The molecule has 0 aliphatic rings. The number of carbonyl (C=O) groups excluding carboxylic acids is 1. The van der Waals surface area contributed by atoms with Crippen LogP contribution in [0.4, 0.5) is 0 Å². The van der Waals surface area contributed by atoms with E-state index in [2.05, 4.69) is 30.5 Å². The summed E-state index contributed by atoms with van der Waals surface area (Å²) in [4.78, 5) is 16.7. The minimum absolute atomic E-state index is 0.138. The molecule has 4 nitrogen and oxygen atoms in total. The molecule has 1 heterocycles. The van der Waals surface area contributed by atoms with Gasteiger partial charge in [0.1, 0.15) is 11.9 Å². The standard InChI is InChI=1S/C24H29ClN2O2/c1-4-6-8-23-26-21-15-12-19(25)16-22(21)27(23)20-13-10-18(11-14-20)17(3)29-24(28)9-7-5-2/h10-17H,4-9H2,1-3H3. The zero-order chi connectivity index (χ0) is 20.8. The molecular weight excluding hydrogens is 384 g/mol. The number of benzene rings is 2. The first kappa shape index (κ1) is 21.4. The molecule has 0 aliphatic heterocycles. The summed E-state index contributed by atoms with van der Waals surface area (Å²) in [6, 6.07) is 14.0. The average molecular weight is 413 g/mol. The lowest BCUT2D eigenvalue weighted by Crippen LogP contribution is -2.09. The smallest absolute Gasteiger partial charge is 0.306 e. The molecule has 0 spiro atoms. The van der Waals surface area contributed by atoms with Crippen molar-refractivity contribution < 1.29 is 9.53 Å². The normalized spacial score (nSPS) is 12.3. The van der Waals surface area contributed by atoms with Gasteiger partial charge in [0.05, 0.1) is 11.0 Å². The predicted molar refractivity (Wildman–Crippen MR) is 119 cm³/mol. The molecule has 0 saturated carbocycles. The van der Waals surface area contributed by atoms with Gasteiger partial charge in [-0.15, -0.1) is 0 Å². The molecule has 3 aromatic rings. The van der Waals surface area contributed by atoms with Crippen molar-refractivity contribution in [1.82, 2.24) is 9.55 Å². The Bertz CT molecular complexity index is 963. The molecular formula is C24H29ClN2O2. The summed E-state index contributed by atoms with van der Waals surface area (Å²) in [6.45, 7) is 6.16. The number of fused-ring (bicyclic) bond motifs is 1. The van der Waals surface area contributed by atoms with Crippen molar-refractivity contribution in [2.24, 2.45) is 0 Å². The topological polar surface area (TPSA) is 44.1 Å². The van der Waals surface area contributed by atoms with E-state index in [9.17, 15) is 4.79 Å². The SMILES string of the molecule is CCCCC(=O)OC(C)c1ccc(-n2c(CCCC)nc3ccc(Cl)cc32)cc1. The van der Waals surface area contributed by atoms with E-state index < -0.39 is 0 Å². The van der Waals surface area contributed by atoms with Crippen molar-refractivity contribution >= 4 is 28.6 Å². The van der Waals surface area contributed by atoms with E-state index in [1.807, 2.05) is 37.3 Å². The Labute approximate surface area is 177 Å². The monoisotopic (exact) mass is 412 g/mol. The van der Waals surface area contributed by atoms with Gasteiger partial charge in [-0.3, -0.25) is 9.36 Å². The van der Waals surface area contributed by atoms with E-state index >= 15 is 0 Å². The summed E-state index contributed by atoms with van der Waals surface area (Å²) in [5, 5.41) is 0.699. The van der Waals surface area contributed by atoms with E-state index in [0.717, 1.165) is 60.2 Å². The van der Waals surface area contributed by atoms with Crippen LogP contribution in [-0.4, -0.2) is 15.5 Å². The van der Waals surface area contributed by atoms with E-state index in [0.29, 0.717) is 11.4 Å². The number of halogens is 1. The van der Waals surface area contributed by atoms with Crippen LogP contribution in [0.5, 0.6) is 0 Å². The molecule has 1 unspecified atom stereocenters. The molecule has 0 aliphatic carbocycles. The second-order valence-electron chi connectivity index (χ2n) is 7.43. The van der Waals surface area contributed by atoms with Gasteiger partial charge in [0.25, 0.3) is 0 Å². The molecule has 29 heavy (non-hydrogen) atoms. The van der Waals surface area contributed by atoms with Crippen molar-refractivity contribution in [3.05, 3.63) is 58.9 Å². The predicted octanol–water partition coefficient (Wildman–Crippen LogP) is 6.82. The molecule has 0 N–H and O–H groups in total. The Balaban J connectivity index is 1.88. The van der Waals surface area contributed by atoms with Crippen molar-refractivity contribution in [3.63, 3.8) is 0 Å². The van der Waals surface area contributed by atoms with Crippen LogP contribution in [0.1, 0.15) is 70.4 Å². The van der Waals surface area contributed by atoms with Crippen LogP contribution in [-0.2, 0) is 16.0 Å². The second-order valence-corrected chi connectivity index (χ2v) is 7.86. The number of aryl methyl sites for hydroxylation is 1. The van der Waals surface area contributed by atoms with Crippen LogP contribution >= 0.6 is 11.6 Å². The molecule has 0 bridgehead atoms. The number of aromatic nitrogens is 2. The minimum atomic E-state index is -0.262. The van der Waals surface area contributed by atoms with Crippen LogP contribution in [0.25, 0.3) is 16.7 Å². The summed E-state index contributed by atoms with van der Waals surface area (Å²) in [5.74, 6) is 0.899. The molecule has 3 rings (SSSR count). The number of nitrogens with zero attached hydrogens (tertiary/aromatic N) is 2. The third-order valence-electron chi connectivity index (χ3n) is 5.10. The summed E-state index contributed by atoms with van der Waals surface area (Å²) >= 11 is 6.25. The molecule has 5 heteroatoms. The number of esters is 1. The van der Waals surface area contributed by atoms with Crippen LogP contribution in [0.15, 0.2) is 42.5 Å². The fraction of sp³-hybridized carbons (Fsp3) is 0.417. The fourth-order valence-corrected chi connectivity index (χ4v) is 3.60. The molecule has 1 atom stereocenters. The third-order valence-corrected chi connectivity index (χ3v) is 5.34. The third kappa shape index (κ3) is 5.18. The van der Waals surface area contributed by atoms with Crippen LogP contribution < -0.4 is 0 Å². The molecule has 0 fully saturated rings. The fourth-order valence-electron chi connectivity index (χ4n) is 3.43. The molecule has 154 valence electrons.